The second kappa shape index (κ2) is 5.78. The van der Waals surface area contributed by atoms with E-state index in [0.29, 0.717) is 17.9 Å². The molecule has 1 aromatic carbocycles. The Kier molecular flexibility index (Phi) is 4.26. The topological polar surface area (TPSA) is 111 Å². The molecule has 0 aliphatic heterocycles. The number of nitrogens with one attached hydrogen (secondary N) is 1. The molecule has 1 aromatic heterocycles. The van der Waals surface area contributed by atoms with Crippen LogP contribution < -0.4 is 16.2 Å². The molecule has 20 heavy (non-hydrogen) atoms. The third-order valence-corrected chi connectivity index (χ3v) is 4.61. The van der Waals surface area contributed by atoms with Gasteiger partial charge in [-0.05, 0) is 25.1 Å². The molecule has 0 unspecified atom stereocenters. The number of primary sulfonamides is 1. The zero-order valence-electron chi connectivity index (χ0n) is 11.0. The molecule has 0 radical (unpaired) electrons. The van der Waals surface area contributed by atoms with Gasteiger partial charge in [-0.2, -0.15) is 0 Å². The third kappa shape index (κ3) is 3.69. The Balaban J connectivity index is 2.05. The van der Waals surface area contributed by atoms with E-state index < -0.39 is 10.0 Å². The van der Waals surface area contributed by atoms with Crippen LogP contribution in [-0.2, 0) is 16.4 Å². The van der Waals surface area contributed by atoms with E-state index in [9.17, 15) is 8.42 Å². The average molecular weight is 312 g/mol. The minimum atomic E-state index is -3.72. The van der Waals surface area contributed by atoms with Gasteiger partial charge in [-0.3, -0.25) is 0 Å². The maximum atomic E-state index is 11.3. The van der Waals surface area contributed by atoms with Gasteiger partial charge >= 0.3 is 0 Å². The maximum Gasteiger partial charge on any atom is 0.238 e. The summed E-state index contributed by atoms with van der Waals surface area (Å²) in [5.41, 5.74) is 7.85. The van der Waals surface area contributed by atoms with Crippen LogP contribution in [0, 0.1) is 6.92 Å². The molecule has 5 N–H and O–H groups in total. The zero-order valence-corrected chi connectivity index (χ0v) is 12.6. The first-order chi connectivity index (χ1) is 9.36. The van der Waals surface area contributed by atoms with E-state index in [4.69, 9.17) is 10.9 Å². The average Bonchev–Trinajstić information content (AvgIpc) is 2.76. The summed E-state index contributed by atoms with van der Waals surface area (Å²) in [5, 5.41) is 11.2. The minimum Gasteiger partial charge on any atom is -0.397 e. The van der Waals surface area contributed by atoms with Gasteiger partial charge in [0.1, 0.15) is 0 Å². The number of rotatable bonds is 5. The molecule has 108 valence electrons. The Morgan fingerprint density at radius 3 is 2.75 bits per heavy atom. The fourth-order valence-electron chi connectivity index (χ4n) is 1.69. The van der Waals surface area contributed by atoms with Crippen molar-refractivity contribution in [2.24, 2.45) is 5.14 Å². The van der Waals surface area contributed by atoms with Crippen molar-refractivity contribution in [2.75, 3.05) is 17.6 Å². The number of aromatic nitrogens is 1. The Morgan fingerprint density at radius 1 is 1.40 bits per heavy atom. The molecule has 0 saturated carbocycles. The first-order valence-electron chi connectivity index (χ1n) is 5.93. The predicted octanol–water partition coefficient (Wildman–Crippen LogP) is 1.34. The van der Waals surface area contributed by atoms with E-state index in [1.807, 2.05) is 12.3 Å². The zero-order chi connectivity index (χ0) is 14.8. The largest absolute Gasteiger partial charge is 0.397 e. The highest BCUT2D eigenvalue weighted by atomic mass is 32.2. The number of sulfonamides is 1. The third-order valence-electron chi connectivity index (χ3n) is 2.67. The van der Waals surface area contributed by atoms with Crippen molar-refractivity contribution < 1.29 is 8.42 Å². The molecule has 0 amide bonds. The van der Waals surface area contributed by atoms with E-state index in [0.717, 1.165) is 17.1 Å². The Labute approximate surface area is 121 Å². The van der Waals surface area contributed by atoms with Crippen molar-refractivity contribution in [1.29, 1.82) is 0 Å². The molecular weight excluding hydrogens is 296 g/mol. The molecule has 1 heterocycles. The van der Waals surface area contributed by atoms with Gasteiger partial charge in [-0.15, -0.1) is 11.3 Å². The first-order valence-corrected chi connectivity index (χ1v) is 8.36. The van der Waals surface area contributed by atoms with Crippen LogP contribution in [0.4, 0.5) is 11.4 Å². The van der Waals surface area contributed by atoms with E-state index in [1.165, 1.54) is 18.2 Å². The van der Waals surface area contributed by atoms with Crippen molar-refractivity contribution in [3.05, 3.63) is 34.3 Å². The summed E-state index contributed by atoms with van der Waals surface area (Å²) in [6.07, 6.45) is 0.748. The van der Waals surface area contributed by atoms with Gasteiger partial charge in [0, 0.05) is 24.0 Å². The fraction of sp³-hybridized carbons (Fsp3) is 0.250. The van der Waals surface area contributed by atoms with Crippen molar-refractivity contribution in [3.8, 4) is 0 Å². The Morgan fingerprint density at radius 2 is 2.15 bits per heavy atom. The lowest BCUT2D eigenvalue weighted by Gasteiger charge is -2.10. The van der Waals surface area contributed by atoms with E-state index in [1.54, 1.807) is 11.3 Å². The summed E-state index contributed by atoms with van der Waals surface area (Å²) in [6, 6.07) is 4.35. The Hall–Kier alpha value is -1.64. The normalized spacial score (nSPS) is 11.5. The van der Waals surface area contributed by atoms with E-state index >= 15 is 0 Å². The van der Waals surface area contributed by atoms with Crippen molar-refractivity contribution in [1.82, 2.24) is 4.98 Å². The number of anilines is 2. The molecule has 0 spiro atoms. The standard InChI is InChI=1S/C12H16N4O2S2/c1-8-7-19-12(16-8)4-5-15-11-6-9(20(14,17)18)2-3-10(11)13/h2-3,6-7,15H,4-5,13H2,1H3,(H2,14,17,18). The van der Waals surface area contributed by atoms with Crippen molar-refractivity contribution in [2.45, 2.75) is 18.2 Å². The van der Waals surface area contributed by atoms with Crippen LogP contribution in [0.1, 0.15) is 10.7 Å². The van der Waals surface area contributed by atoms with Crippen LogP contribution in [0.25, 0.3) is 0 Å². The first kappa shape index (κ1) is 14.8. The lowest BCUT2D eigenvalue weighted by Crippen LogP contribution is -2.13. The van der Waals surface area contributed by atoms with Gasteiger partial charge in [0.2, 0.25) is 10.0 Å². The number of aryl methyl sites for hydroxylation is 1. The summed E-state index contributed by atoms with van der Waals surface area (Å²) in [5.74, 6) is 0. The number of nitrogens with two attached hydrogens (primary N) is 2. The SMILES string of the molecule is Cc1csc(CCNc2cc(S(N)(=O)=O)ccc2N)n1. The smallest absolute Gasteiger partial charge is 0.238 e. The summed E-state index contributed by atoms with van der Waals surface area (Å²) in [4.78, 5) is 4.39. The van der Waals surface area contributed by atoms with Gasteiger partial charge in [0.25, 0.3) is 0 Å². The Bertz CT molecular complexity index is 710. The second-order valence-corrected chi connectivity index (χ2v) is 6.86. The van der Waals surface area contributed by atoms with Crippen LogP contribution in [0.15, 0.2) is 28.5 Å². The van der Waals surface area contributed by atoms with Crippen molar-refractivity contribution in [3.63, 3.8) is 0 Å². The highest BCUT2D eigenvalue weighted by Crippen LogP contribution is 2.22. The van der Waals surface area contributed by atoms with Crippen LogP contribution in [-0.4, -0.2) is 19.9 Å². The van der Waals surface area contributed by atoms with Gasteiger partial charge in [0.15, 0.2) is 0 Å². The quantitative estimate of drug-likeness (QED) is 0.721. The molecule has 0 aliphatic rings. The van der Waals surface area contributed by atoms with Crippen LogP contribution in [0.3, 0.4) is 0 Å². The highest BCUT2D eigenvalue weighted by Gasteiger charge is 2.10. The summed E-state index contributed by atoms with van der Waals surface area (Å²) < 4.78 is 22.6. The van der Waals surface area contributed by atoms with Crippen LogP contribution >= 0.6 is 11.3 Å². The van der Waals surface area contributed by atoms with Crippen LogP contribution in [0.5, 0.6) is 0 Å². The lowest BCUT2D eigenvalue weighted by molar-refractivity contribution is 0.598. The molecule has 2 aromatic rings. The molecule has 8 heteroatoms. The lowest BCUT2D eigenvalue weighted by atomic mass is 10.2. The van der Waals surface area contributed by atoms with E-state index in [2.05, 4.69) is 10.3 Å². The van der Waals surface area contributed by atoms with Gasteiger partial charge in [-0.1, -0.05) is 0 Å². The van der Waals surface area contributed by atoms with Gasteiger partial charge in [0.05, 0.1) is 21.3 Å². The van der Waals surface area contributed by atoms with Crippen molar-refractivity contribution >= 4 is 32.7 Å². The second-order valence-electron chi connectivity index (χ2n) is 4.35. The molecule has 0 bridgehead atoms. The number of nitrogen functional groups attached to an aromatic ring is 1. The number of hydrogen-bond donors (Lipinski definition) is 3. The molecule has 0 fully saturated rings. The van der Waals surface area contributed by atoms with Gasteiger partial charge in [-0.25, -0.2) is 18.5 Å². The maximum absolute atomic E-state index is 11.3. The minimum absolute atomic E-state index is 0.0410. The number of benzene rings is 1. The van der Waals surface area contributed by atoms with E-state index in [-0.39, 0.29) is 4.90 Å². The number of hydrogen-bond acceptors (Lipinski definition) is 6. The number of nitrogens with zero attached hydrogens (tertiary/aromatic N) is 1. The summed E-state index contributed by atoms with van der Waals surface area (Å²) in [7, 11) is -3.72. The molecule has 0 atom stereocenters. The molecule has 2 rings (SSSR count). The molecule has 0 saturated heterocycles. The monoisotopic (exact) mass is 312 g/mol. The van der Waals surface area contributed by atoms with Crippen LogP contribution in [0.2, 0.25) is 0 Å². The summed E-state index contributed by atoms with van der Waals surface area (Å²) in [6.45, 7) is 2.56. The molecule has 6 nitrogen and oxygen atoms in total. The fourth-order valence-corrected chi connectivity index (χ4v) is 3.00. The highest BCUT2D eigenvalue weighted by molar-refractivity contribution is 7.89. The number of thiazole rings is 1. The molecular formula is C12H16N4O2S2. The predicted molar refractivity (Wildman–Crippen MR) is 81.3 cm³/mol. The van der Waals surface area contributed by atoms with Gasteiger partial charge < -0.3 is 11.1 Å². The molecule has 0 aliphatic carbocycles. The summed E-state index contributed by atoms with van der Waals surface area (Å²) >= 11 is 1.60.